The van der Waals surface area contributed by atoms with Crippen molar-refractivity contribution in [1.29, 1.82) is 0 Å². The molecule has 2 rings (SSSR count). The molecule has 96 valence electrons. The summed E-state index contributed by atoms with van der Waals surface area (Å²) >= 11 is 12.0. The third-order valence-corrected chi connectivity index (χ3v) is 3.20. The first-order chi connectivity index (χ1) is 8.61. The monoisotopic (exact) mass is 284 g/mol. The second-order valence-corrected chi connectivity index (χ2v) is 4.92. The Labute approximate surface area is 116 Å². The van der Waals surface area contributed by atoms with Crippen LogP contribution in [0.25, 0.3) is 5.69 Å². The first-order valence-corrected chi connectivity index (χ1v) is 6.50. The highest BCUT2D eigenvalue weighted by Crippen LogP contribution is 2.24. The van der Waals surface area contributed by atoms with E-state index in [-0.39, 0.29) is 6.04 Å². The molecule has 1 aromatic heterocycles. The molecule has 0 spiro atoms. The molecule has 18 heavy (non-hydrogen) atoms. The molecule has 0 aliphatic carbocycles. The molecule has 6 heteroatoms. The Hall–Kier alpha value is -1.10. The zero-order valence-corrected chi connectivity index (χ0v) is 11.5. The van der Waals surface area contributed by atoms with Crippen molar-refractivity contribution in [2.45, 2.75) is 25.8 Å². The van der Waals surface area contributed by atoms with Gasteiger partial charge in [-0.3, -0.25) is 0 Å². The van der Waals surface area contributed by atoms with Gasteiger partial charge in [0.25, 0.3) is 0 Å². The molecule has 1 heterocycles. The molecule has 0 saturated heterocycles. The minimum Gasteiger partial charge on any atom is -0.323 e. The lowest BCUT2D eigenvalue weighted by Gasteiger charge is -2.05. The molecule has 0 amide bonds. The van der Waals surface area contributed by atoms with Crippen LogP contribution in [-0.4, -0.2) is 15.0 Å². The Balaban J connectivity index is 2.32. The van der Waals surface area contributed by atoms with Gasteiger partial charge in [-0.2, -0.15) is 0 Å². The van der Waals surface area contributed by atoms with Crippen LogP contribution < -0.4 is 5.73 Å². The van der Waals surface area contributed by atoms with E-state index in [4.69, 9.17) is 28.9 Å². The van der Waals surface area contributed by atoms with Crippen LogP contribution in [0.3, 0.4) is 0 Å². The smallest absolute Gasteiger partial charge is 0.0998 e. The van der Waals surface area contributed by atoms with Crippen LogP contribution in [0.4, 0.5) is 0 Å². The summed E-state index contributed by atoms with van der Waals surface area (Å²) in [5, 5.41) is 9.27. The largest absolute Gasteiger partial charge is 0.323 e. The van der Waals surface area contributed by atoms with Gasteiger partial charge in [-0.15, -0.1) is 5.10 Å². The van der Waals surface area contributed by atoms with Crippen molar-refractivity contribution in [3.63, 3.8) is 0 Å². The van der Waals surface area contributed by atoms with E-state index in [9.17, 15) is 0 Å². The van der Waals surface area contributed by atoms with E-state index >= 15 is 0 Å². The van der Waals surface area contributed by atoms with Crippen LogP contribution in [0.5, 0.6) is 0 Å². The van der Waals surface area contributed by atoms with Gasteiger partial charge < -0.3 is 5.73 Å². The number of hydrogen-bond donors (Lipinski definition) is 1. The summed E-state index contributed by atoms with van der Waals surface area (Å²) in [4.78, 5) is 0. The fourth-order valence-corrected chi connectivity index (χ4v) is 2.06. The predicted molar refractivity (Wildman–Crippen MR) is 73.2 cm³/mol. The lowest BCUT2D eigenvalue weighted by atomic mass is 10.1. The Kier molecular flexibility index (Phi) is 4.22. The van der Waals surface area contributed by atoms with Crippen LogP contribution in [0, 0.1) is 0 Å². The summed E-state index contributed by atoms with van der Waals surface area (Å²) < 4.78 is 1.60. The fraction of sp³-hybridized carbons (Fsp3) is 0.333. The Bertz CT molecular complexity index is 539. The molecule has 1 atom stereocenters. The summed E-state index contributed by atoms with van der Waals surface area (Å²) in [6.07, 6.45) is 3.67. The molecule has 4 nitrogen and oxygen atoms in total. The molecule has 0 bridgehead atoms. The normalized spacial score (nSPS) is 12.7. The van der Waals surface area contributed by atoms with E-state index in [1.54, 1.807) is 29.1 Å². The van der Waals surface area contributed by atoms with Crippen molar-refractivity contribution < 1.29 is 0 Å². The average molecular weight is 285 g/mol. The Morgan fingerprint density at radius 2 is 2.17 bits per heavy atom. The van der Waals surface area contributed by atoms with Crippen molar-refractivity contribution >= 4 is 23.2 Å². The molecule has 1 aromatic carbocycles. The molecule has 2 N–H and O–H groups in total. The summed E-state index contributed by atoms with van der Waals surface area (Å²) in [7, 11) is 0. The standard InChI is InChI=1S/C12H14Cl2N4/c1-2-3-10(15)11-7-18(17-16-11)12-6-8(13)4-5-9(12)14/h4-7,10H,2-3,15H2,1H3. The van der Waals surface area contributed by atoms with E-state index in [0.717, 1.165) is 18.5 Å². The molecular formula is C12H14Cl2N4. The highest BCUT2D eigenvalue weighted by atomic mass is 35.5. The zero-order valence-electron chi connectivity index (χ0n) is 9.98. The number of benzene rings is 1. The van der Waals surface area contributed by atoms with Gasteiger partial charge in [0, 0.05) is 5.02 Å². The molecule has 0 aliphatic rings. The Morgan fingerprint density at radius 3 is 2.89 bits per heavy atom. The van der Waals surface area contributed by atoms with Crippen molar-refractivity contribution in [3.8, 4) is 5.69 Å². The first kappa shape index (κ1) is 13.3. The maximum absolute atomic E-state index is 6.10. The number of halogens is 2. The second kappa shape index (κ2) is 5.69. The maximum atomic E-state index is 6.10. The summed E-state index contributed by atoms with van der Waals surface area (Å²) in [6, 6.07) is 5.11. The summed E-state index contributed by atoms with van der Waals surface area (Å²) in [5.41, 5.74) is 7.45. The molecular weight excluding hydrogens is 271 g/mol. The van der Waals surface area contributed by atoms with E-state index in [2.05, 4.69) is 17.2 Å². The molecule has 2 aromatic rings. The predicted octanol–water partition coefficient (Wildman–Crippen LogP) is 3.37. The maximum Gasteiger partial charge on any atom is 0.0998 e. The van der Waals surface area contributed by atoms with Crippen molar-refractivity contribution in [3.05, 3.63) is 40.1 Å². The minimum absolute atomic E-state index is 0.0956. The van der Waals surface area contributed by atoms with Gasteiger partial charge in [-0.05, 0) is 24.6 Å². The van der Waals surface area contributed by atoms with Gasteiger partial charge in [-0.25, -0.2) is 4.68 Å². The quantitative estimate of drug-likeness (QED) is 0.937. The molecule has 0 radical (unpaired) electrons. The van der Waals surface area contributed by atoms with Crippen LogP contribution in [0.1, 0.15) is 31.5 Å². The second-order valence-electron chi connectivity index (χ2n) is 4.08. The average Bonchev–Trinajstić information content (AvgIpc) is 2.82. The lowest BCUT2D eigenvalue weighted by molar-refractivity contribution is 0.619. The molecule has 1 unspecified atom stereocenters. The van der Waals surface area contributed by atoms with E-state index in [1.165, 1.54) is 0 Å². The van der Waals surface area contributed by atoms with Gasteiger partial charge >= 0.3 is 0 Å². The number of hydrogen-bond acceptors (Lipinski definition) is 3. The van der Waals surface area contributed by atoms with Crippen LogP contribution in [0.15, 0.2) is 24.4 Å². The van der Waals surface area contributed by atoms with Gasteiger partial charge in [0.05, 0.1) is 28.6 Å². The highest BCUT2D eigenvalue weighted by Gasteiger charge is 2.12. The van der Waals surface area contributed by atoms with Crippen molar-refractivity contribution in [1.82, 2.24) is 15.0 Å². The number of aromatic nitrogens is 3. The van der Waals surface area contributed by atoms with Gasteiger partial charge in [0.15, 0.2) is 0 Å². The van der Waals surface area contributed by atoms with E-state index < -0.39 is 0 Å². The van der Waals surface area contributed by atoms with Gasteiger partial charge in [0.1, 0.15) is 0 Å². The minimum atomic E-state index is -0.0956. The van der Waals surface area contributed by atoms with Crippen LogP contribution in [0.2, 0.25) is 10.0 Å². The molecule has 0 saturated carbocycles. The third kappa shape index (κ3) is 2.83. The Morgan fingerprint density at radius 1 is 1.39 bits per heavy atom. The SMILES string of the molecule is CCCC(N)c1cn(-c2cc(Cl)ccc2Cl)nn1. The van der Waals surface area contributed by atoms with Gasteiger partial charge in [0.2, 0.25) is 0 Å². The van der Waals surface area contributed by atoms with Crippen LogP contribution >= 0.6 is 23.2 Å². The van der Waals surface area contributed by atoms with E-state index in [0.29, 0.717) is 15.7 Å². The summed E-state index contributed by atoms with van der Waals surface area (Å²) in [6.45, 7) is 2.08. The topological polar surface area (TPSA) is 56.7 Å². The molecule has 0 fully saturated rings. The number of rotatable bonds is 4. The van der Waals surface area contributed by atoms with E-state index in [1.807, 2.05) is 0 Å². The van der Waals surface area contributed by atoms with Crippen LogP contribution in [-0.2, 0) is 0 Å². The summed E-state index contributed by atoms with van der Waals surface area (Å²) in [5.74, 6) is 0. The first-order valence-electron chi connectivity index (χ1n) is 5.75. The number of nitrogens with zero attached hydrogens (tertiary/aromatic N) is 3. The number of nitrogens with two attached hydrogens (primary N) is 1. The van der Waals surface area contributed by atoms with Crippen molar-refractivity contribution in [2.24, 2.45) is 5.73 Å². The third-order valence-electron chi connectivity index (χ3n) is 2.65. The van der Waals surface area contributed by atoms with Gasteiger partial charge in [-0.1, -0.05) is 41.8 Å². The van der Waals surface area contributed by atoms with Crippen molar-refractivity contribution in [2.75, 3.05) is 0 Å². The highest BCUT2D eigenvalue weighted by molar-refractivity contribution is 6.34. The molecule has 0 aliphatic heterocycles. The fourth-order valence-electron chi connectivity index (χ4n) is 1.68. The lowest BCUT2D eigenvalue weighted by Crippen LogP contribution is -2.10. The zero-order chi connectivity index (χ0) is 13.1.